The Morgan fingerprint density at radius 3 is 3.00 bits per heavy atom. The van der Waals surface area contributed by atoms with Crippen LogP contribution in [0.25, 0.3) is 0 Å². The molecule has 15 heavy (non-hydrogen) atoms. The molecule has 86 valence electrons. The number of rotatable bonds is 3. The number of amides is 1. The number of thioether (sulfide) groups is 1. The highest BCUT2D eigenvalue weighted by Crippen LogP contribution is 2.25. The standard InChI is InChI=1S/C11H20N2OS/c14-11(9-3-1-5-12-7-9)13-8-10-4-2-6-15-10/h9-10,12H,1-8H2,(H,13,14)/t9-,10?/m1/s1. The predicted octanol–water partition coefficient (Wildman–Crippen LogP) is 0.998. The molecule has 2 aliphatic heterocycles. The molecule has 0 radical (unpaired) electrons. The van der Waals surface area contributed by atoms with Crippen LogP contribution >= 0.6 is 11.8 Å². The van der Waals surface area contributed by atoms with Gasteiger partial charge in [0.2, 0.25) is 5.91 Å². The smallest absolute Gasteiger partial charge is 0.224 e. The molecule has 4 heteroatoms. The quantitative estimate of drug-likeness (QED) is 0.757. The van der Waals surface area contributed by atoms with Gasteiger partial charge in [0.1, 0.15) is 0 Å². The van der Waals surface area contributed by atoms with Gasteiger partial charge in [0.15, 0.2) is 0 Å². The minimum Gasteiger partial charge on any atom is -0.355 e. The van der Waals surface area contributed by atoms with Gasteiger partial charge < -0.3 is 10.6 Å². The third-order valence-corrected chi connectivity index (χ3v) is 4.59. The van der Waals surface area contributed by atoms with Gasteiger partial charge in [-0.25, -0.2) is 0 Å². The van der Waals surface area contributed by atoms with E-state index >= 15 is 0 Å². The normalized spacial score (nSPS) is 31.5. The van der Waals surface area contributed by atoms with E-state index in [1.807, 2.05) is 11.8 Å². The SMILES string of the molecule is O=C(NCC1CCCS1)[C@@H]1CCCNC1. The van der Waals surface area contributed by atoms with Crippen molar-refractivity contribution >= 4 is 17.7 Å². The molecule has 2 rings (SSSR count). The van der Waals surface area contributed by atoms with E-state index in [0.717, 1.165) is 32.5 Å². The maximum atomic E-state index is 11.8. The molecule has 0 bridgehead atoms. The van der Waals surface area contributed by atoms with Crippen LogP contribution in [0, 0.1) is 5.92 Å². The summed E-state index contributed by atoms with van der Waals surface area (Å²) in [4.78, 5) is 11.8. The van der Waals surface area contributed by atoms with E-state index in [1.54, 1.807) is 0 Å². The molecule has 0 aliphatic carbocycles. The van der Waals surface area contributed by atoms with Gasteiger partial charge in [0, 0.05) is 18.3 Å². The minimum atomic E-state index is 0.213. The second-order valence-corrected chi connectivity index (χ2v) is 5.83. The summed E-state index contributed by atoms with van der Waals surface area (Å²) in [5.41, 5.74) is 0. The molecule has 2 saturated heterocycles. The van der Waals surface area contributed by atoms with Crippen LogP contribution in [0.15, 0.2) is 0 Å². The first kappa shape index (κ1) is 11.3. The molecule has 1 amide bonds. The fraction of sp³-hybridized carbons (Fsp3) is 0.909. The Hall–Kier alpha value is -0.220. The van der Waals surface area contributed by atoms with Gasteiger partial charge in [0.25, 0.3) is 0 Å². The second-order valence-electron chi connectivity index (χ2n) is 4.42. The molecule has 2 heterocycles. The topological polar surface area (TPSA) is 41.1 Å². The number of hydrogen-bond acceptors (Lipinski definition) is 3. The van der Waals surface area contributed by atoms with Crippen LogP contribution in [-0.2, 0) is 4.79 Å². The Bertz CT molecular complexity index is 211. The summed E-state index contributed by atoms with van der Waals surface area (Å²) in [6, 6.07) is 0. The Kier molecular flexibility index (Phi) is 4.32. The van der Waals surface area contributed by atoms with E-state index in [1.165, 1.54) is 18.6 Å². The van der Waals surface area contributed by atoms with Gasteiger partial charge in [-0.15, -0.1) is 0 Å². The van der Waals surface area contributed by atoms with E-state index in [0.29, 0.717) is 5.25 Å². The van der Waals surface area contributed by atoms with E-state index in [4.69, 9.17) is 0 Å². The average molecular weight is 228 g/mol. The highest BCUT2D eigenvalue weighted by Gasteiger charge is 2.22. The lowest BCUT2D eigenvalue weighted by Gasteiger charge is -2.22. The van der Waals surface area contributed by atoms with Crippen LogP contribution in [0.2, 0.25) is 0 Å². The number of carbonyl (C=O) groups excluding carboxylic acids is 1. The van der Waals surface area contributed by atoms with Crippen molar-refractivity contribution < 1.29 is 4.79 Å². The Balaban J connectivity index is 1.66. The first-order valence-electron chi connectivity index (χ1n) is 5.96. The summed E-state index contributed by atoms with van der Waals surface area (Å²) in [5.74, 6) is 1.74. The van der Waals surface area contributed by atoms with E-state index in [2.05, 4.69) is 10.6 Å². The van der Waals surface area contributed by atoms with Crippen LogP contribution in [0.4, 0.5) is 0 Å². The zero-order valence-electron chi connectivity index (χ0n) is 9.13. The highest BCUT2D eigenvalue weighted by molar-refractivity contribution is 8.00. The van der Waals surface area contributed by atoms with Crippen LogP contribution in [0.3, 0.4) is 0 Å². The molecular weight excluding hydrogens is 208 g/mol. The van der Waals surface area contributed by atoms with Crippen LogP contribution in [0.1, 0.15) is 25.7 Å². The van der Waals surface area contributed by atoms with Crippen molar-refractivity contribution in [3.8, 4) is 0 Å². The van der Waals surface area contributed by atoms with Gasteiger partial charge in [-0.2, -0.15) is 11.8 Å². The average Bonchev–Trinajstić information content (AvgIpc) is 2.80. The number of hydrogen-bond donors (Lipinski definition) is 2. The highest BCUT2D eigenvalue weighted by atomic mass is 32.2. The minimum absolute atomic E-state index is 0.213. The summed E-state index contributed by atoms with van der Waals surface area (Å²) < 4.78 is 0. The fourth-order valence-electron chi connectivity index (χ4n) is 2.24. The predicted molar refractivity (Wildman–Crippen MR) is 64.1 cm³/mol. The Morgan fingerprint density at radius 1 is 1.40 bits per heavy atom. The number of carbonyl (C=O) groups is 1. The third-order valence-electron chi connectivity index (χ3n) is 3.20. The maximum Gasteiger partial charge on any atom is 0.224 e. The molecular formula is C11H20N2OS. The lowest BCUT2D eigenvalue weighted by Crippen LogP contribution is -2.42. The van der Waals surface area contributed by atoms with Crippen molar-refractivity contribution in [3.05, 3.63) is 0 Å². The Labute approximate surface area is 95.8 Å². The largest absolute Gasteiger partial charge is 0.355 e. The maximum absolute atomic E-state index is 11.8. The van der Waals surface area contributed by atoms with Crippen LogP contribution < -0.4 is 10.6 Å². The number of nitrogens with one attached hydrogen (secondary N) is 2. The molecule has 0 spiro atoms. The molecule has 2 fully saturated rings. The van der Waals surface area contributed by atoms with E-state index in [-0.39, 0.29) is 11.8 Å². The summed E-state index contributed by atoms with van der Waals surface area (Å²) in [5, 5.41) is 7.04. The molecule has 2 aliphatic rings. The summed E-state index contributed by atoms with van der Waals surface area (Å²) in [6.45, 7) is 2.81. The van der Waals surface area contributed by atoms with E-state index in [9.17, 15) is 4.79 Å². The molecule has 3 nitrogen and oxygen atoms in total. The monoisotopic (exact) mass is 228 g/mol. The van der Waals surface area contributed by atoms with Crippen molar-refractivity contribution in [2.75, 3.05) is 25.4 Å². The van der Waals surface area contributed by atoms with Gasteiger partial charge in [-0.05, 0) is 38.0 Å². The lowest BCUT2D eigenvalue weighted by atomic mass is 9.99. The molecule has 0 aromatic carbocycles. The Morgan fingerprint density at radius 2 is 2.33 bits per heavy atom. The molecule has 0 aromatic heterocycles. The van der Waals surface area contributed by atoms with Crippen molar-refractivity contribution in [2.45, 2.75) is 30.9 Å². The number of piperidine rings is 1. The van der Waals surface area contributed by atoms with Crippen molar-refractivity contribution in [3.63, 3.8) is 0 Å². The summed E-state index contributed by atoms with van der Waals surface area (Å²) >= 11 is 2.00. The van der Waals surface area contributed by atoms with Crippen molar-refractivity contribution in [1.29, 1.82) is 0 Å². The second kappa shape index (κ2) is 5.75. The zero-order chi connectivity index (χ0) is 10.5. The van der Waals surface area contributed by atoms with Crippen molar-refractivity contribution in [1.82, 2.24) is 10.6 Å². The lowest BCUT2D eigenvalue weighted by molar-refractivity contribution is -0.125. The molecule has 2 N–H and O–H groups in total. The molecule has 1 unspecified atom stereocenters. The van der Waals surface area contributed by atoms with Crippen LogP contribution in [0.5, 0.6) is 0 Å². The first-order chi connectivity index (χ1) is 7.36. The molecule has 0 saturated carbocycles. The summed E-state index contributed by atoms with van der Waals surface area (Å²) in [7, 11) is 0. The summed E-state index contributed by atoms with van der Waals surface area (Å²) in [6.07, 6.45) is 4.77. The van der Waals surface area contributed by atoms with Crippen LogP contribution in [-0.4, -0.2) is 36.5 Å². The third kappa shape index (κ3) is 3.38. The van der Waals surface area contributed by atoms with Gasteiger partial charge >= 0.3 is 0 Å². The van der Waals surface area contributed by atoms with Gasteiger partial charge in [-0.3, -0.25) is 4.79 Å². The molecule has 0 aromatic rings. The van der Waals surface area contributed by atoms with Gasteiger partial charge in [-0.1, -0.05) is 0 Å². The van der Waals surface area contributed by atoms with E-state index < -0.39 is 0 Å². The zero-order valence-corrected chi connectivity index (χ0v) is 9.94. The first-order valence-corrected chi connectivity index (χ1v) is 7.01. The molecule has 2 atom stereocenters. The fourth-order valence-corrected chi connectivity index (χ4v) is 3.44. The van der Waals surface area contributed by atoms with Gasteiger partial charge in [0.05, 0.1) is 5.92 Å². The van der Waals surface area contributed by atoms with Crippen molar-refractivity contribution in [2.24, 2.45) is 5.92 Å².